The molecule has 9 heteroatoms. The minimum Gasteiger partial charge on any atom is -0.323 e. The van der Waals surface area contributed by atoms with Crippen LogP contribution in [0, 0.1) is 17.0 Å². The van der Waals surface area contributed by atoms with Gasteiger partial charge < -0.3 is 4.90 Å². The maximum atomic E-state index is 13.7. The van der Waals surface area contributed by atoms with Gasteiger partial charge in [-0.25, -0.2) is 4.90 Å². The molecule has 1 heterocycles. The number of carbonyl (C=O) groups is 3. The number of anilines is 1. The van der Waals surface area contributed by atoms with E-state index in [0.717, 1.165) is 42.2 Å². The Kier molecular flexibility index (Phi) is 6.97. The van der Waals surface area contributed by atoms with Gasteiger partial charge in [-0.1, -0.05) is 55.0 Å². The molecular weight excluding hydrogens is 458 g/mol. The average molecular weight is 484 g/mol. The van der Waals surface area contributed by atoms with Crippen LogP contribution in [0.3, 0.4) is 0 Å². The van der Waals surface area contributed by atoms with Gasteiger partial charge in [-0.15, -0.1) is 0 Å². The van der Waals surface area contributed by atoms with E-state index in [1.807, 2.05) is 19.1 Å². The maximum absolute atomic E-state index is 13.7. The third-order valence-electron chi connectivity index (χ3n) is 6.59. The Morgan fingerprint density at radius 2 is 1.71 bits per heavy atom. The fraction of sp³-hybridized carbons (Fsp3) is 0.400. The molecule has 1 unspecified atom stereocenters. The number of carbonyl (C=O) groups excluding carboxylic acids is 3. The van der Waals surface area contributed by atoms with Gasteiger partial charge in [0.05, 0.1) is 17.0 Å². The first kappa shape index (κ1) is 23.9. The van der Waals surface area contributed by atoms with Crippen molar-refractivity contribution in [3.8, 4) is 0 Å². The Morgan fingerprint density at radius 1 is 1.06 bits per heavy atom. The number of hydrogen-bond donors (Lipinski definition) is 0. The largest absolute Gasteiger partial charge is 0.323 e. The van der Waals surface area contributed by atoms with Crippen LogP contribution in [0.4, 0.5) is 11.4 Å². The molecule has 8 nitrogen and oxygen atoms in total. The van der Waals surface area contributed by atoms with Crippen molar-refractivity contribution in [1.82, 2.24) is 4.90 Å². The highest BCUT2D eigenvalue weighted by atomic mass is 35.5. The molecule has 178 valence electrons. The number of aryl methyl sites for hydroxylation is 1. The van der Waals surface area contributed by atoms with Crippen LogP contribution in [0.2, 0.25) is 5.02 Å². The van der Waals surface area contributed by atoms with Gasteiger partial charge in [0.2, 0.25) is 5.91 Å². The summed E-state index contributed by atoms with van der Waals surface area (Å²) >= 11 is 5.94. The summed E-state index contributed by atoms with van der Waals surface area (Å²) in [5, 5.41) is 11.3. The fourth-order valence-corrected chi connectivity index (χ4v) is 5.02. The number of rotatable bonds is 5. The number of nitrogens with zero attached hydrogens (tertiary/aromatic N) is 3. The molecule has 0 aromatic heterocycles. The van der Waals surface area contributed by atoms with E-state index in [2.05, 4.69) is 0 Å². The zero-order valence-electron chi connectivity index (χ0n) is 18.9. The standard InChI is InChI=1S/C25H26ClN3O5/c1-16-8-11-19(12-9-16)28-23(30)15-22(25(28)32)27(18-6-4-2-3-5-7-18)24(31)17-10-13-20(26)21(14-17)29(33)34/h8-14,18,22H,2-7,15H2,1H3. The molecule has 2 aromatic rings. The molecule has 1 aliphatic carbocycles. The monoisotopic (exact) mass is 483 g/mol. The van der Waals surface area contributed by atoms with E-state index >= 15 is 0 Å². The van der Waals surface area contributed by atoms with Crippen LogP contribution < -0.4 is 4.90 Å². The molecule has 1 saturated carbocycles. The number of nitro benzene ring substituents is 1. The molecule has 2 aliphatic rings. The van der Waals surface area contributed by atoms with E-state index in [4.69, 9.17) is 11.6 Å². The van der Waals surface area contributed by atoms with E-state index in [1.165, 1.54) is 17.0 Å². The highest BCUT2D eigenvalue weighted by Gasteiger charge is 2.46. The summed E-state index contributed by atoms with van der Waals surface area (Å²) < 4.78 is 0. The number of hydrogen-bond acceptors (Lipinski definition) is 5. The van der Waals surface area contributed by atoms with Crippen LogP contribution in [0.25, 0.3) is 0 Å². The molecule has 2 aromatic carbocycles. The van der Waals surface area contributed by atoms with Gasteiger partial charge >= 0.3 is 0 Å². The highest BCUT2D eigenvalue weighted by Crippen LogP contribution is 2.33. The lowest BCUT2D eigenvalue weighted by atomic mass is 10.0. The smallest absolute Gasteiger partial charge is 0.288 e. The lowest BCUT2D eigenvalue weighted by molar-refractivity contribution is -0.384. The van der Waals surface area contributed by atoms with Crippen molar-refractivity contribution in [3.63, 3.8) is 0 Å². The van der Waals surface area contributed by atoms with Crippen molar-refractivity contribution in [2.75, 3.05) is 4.90 Å². The van der Waals surface area contributed by atoms with Crippen molar-refractivity contribution in [3.05, 3.63) is 68.7 Å². The van der Waals surface area contributed by atoms with Crippen molar-refractivity contribution < 1.29 is 19.3 Å². The summed E-state index contributed by atoms with van der Waals surface area (Å²) in [6, 6.07) is 9.78. The number of halogens is 1. The summed E-state index contributed by atoms with van der Waals surface area (Å²) in [5.41, 5.74) is 1.18. The van der Waals surface area contributed by atoms with Crippen LogP contribution >= 0.6 is 11.6 Å². The van der Waals surface area contributed by atoms with Crippen molar-refractivity contribution >= 4 is 40.7 Å². The zero-order chi connectivity index (χ0) is 24.4. The lowest BCUT2D eigenvalue weighted by Gasteiger charge is -2.35. The summed E-state index contributed by atoms with van der Waals surface area (Å²) in [4.78, 5) is 53.6. The molecule has 0 radical (unpaired) electrons. The van der Waals surface area contributed by atoms with Gasteiger partial charge in [0.15, 0.2) is 0 Å². The first-order valence-electron chi connectivity index (χ1n) is 11.5. The molecule has 1 atom stereocenters. The molecule has 0 N–H and O–H groups in total. The van der Waals surface area contributed by atoms with Crippen LogP contribution in [0.15, 0.2) is 42.5 Å². The third kappa shape index (κ3) is 4.68. The lowest BCUT2D eigenvalue weighted by Crippen LogP contribution is -2.50. The van der Waals surface area contributed by atoms with E-state index in [1.54, 1.807) is 12.1 Å². The van der Waals surface area contributed by atoms with E-state index in [-0.39, 0.29) is 34.6 Å². The number of amides is 3. The number of benzene rings is 2. The average Bonchev–Trinajstić information content (AvgIpc) is 2.97. The Morgan fingerprint density at radius 3 is 2.32 bits per heavy atom. The molecule has 0 bridgehead atoms. The summed E-state index contributed by atoms with van der Waals surface area (Å²) in [5.74, 6) is -1.31. The van der Waals surface area contributed by atoms with E-state index in [9.17, 15) is 24.5 Å². The van der Waals surface area contributed by atoms with Crippen LogP contribution in [-0.4, -0.2) is 39.6 Å². The number of imide groups is 1. The van der Waals surface area contributed by atoms with Crippen LogP contribution in [-0.2, 0) is 9.59 Å². The number of nitro groups is 1. The second kappa shape index (κ2) is 9.93. The molecular formula is C25H26ClN3O5. The summed E-state index contributed by atoms with van der Waals surface area (Å²) in [6.45, 7) is 1.91. The Labute approximate surface area is 202 Å². The predicted molar refractivity (Wildman–Crippen MR) is 128 cm³/mol. The van der Waals surface area contributed by atoms with E-state index in [0.29, 0.717) is 18.5 Å². The second-order valence-electron chi connectivity index (χ2n) is 8.90. The normalized spacial score (nSPS) is 19.2. The highest BCUT2D eigenvalue weighted by molar-refractivity contribution is 6.32. The van der Waals surface area contributed by atoms with Gasteiger partial charge in [-0.05, 0) is 44.0 Å². The molecule has 1 saturated heterocycles. The molecule has 0 spiro atoms. The maximum Gasteiger partial charge on any atom is 0.288 e. The predicted octanol–water partition coefficient (Wildman–Crippen LogP) is 5.05. The topological polar surface area (TPSA) is 101 Å². The van der Waals surface area contributed by atoms with Crippen molar-refractivity contribution in [1.29, 1.82) is 0 Å². The SMILES string of the molecule is Cc1ccc(N2C(=O)CC(N(C(=O)c3ccc(Cl)c([N+](=O)[O-])c3)C3CCCCCC3)C2=O)cc1. The van der Waals surface area contributed by atoms with Gasteiger partial charge in [0.25, 0.3) is 17.5 Å². The fourth-order valence-electron chi connectivity index (χ4n) is 4.83. The first-order valence-corrected chi connectivity index (χ1v) is 11.9. The third-order valence-corrected chi connectivity index (χ3v) is 6.91. The van der Waals surface area contributed by atoms with Crippen LogP contribution in [0.5, 0.6) is 0 Å². The first-order chi connectivity index (χ1) is 16.3. The molecule has 2 fully saturated rings. The van der Waals surface area contributed by atoms with Gasteiger partial charge in [0, 0.05) is 17.7 Å². The van der Waals surface area contributed by atoms with Gasteiger partial charge in [-0.2, -0.15) is 0 Å². The Bertz CT molecular complexity index is 1130. The molecule has 4 rings (SSSR count). The van der Waals surface area contributed by atoms with Crippen molar-refractivity contribution in [2.24, 2.45) is 0 Å². The molecule has 1 aliphatic heterocycles. The summed E-state index contributed by atoms with van der Waals surface area (Å²) in [6.07, 6.45) is 5.20. The second-order valence-corrected chi connectivity index (χ2v) is 9.31. The molecule has 3 amide bonds. The minimum absolute atomic E-state index is 0.0692. The Hall–Kier alpha value is -3.26. The Balaban J connectivity index is 1.72. The van der Waals surface area contributed by atoms with Gasteiger partial charge in [0.1, 0.15) is 11.1 Å². The van der Waals surface area contributed by atoms with Gasteiger partial charge in [-0.3, -0.25) is 24.5 Å². The summed E-state index contributed by atoms with van der Waals surface area (Å²) in [7, 11) is 0. The van der Waals surface area contributed by atoms with Crippen molar-refractivity contribution in [2.45, 2.75) is 64.0 Å². The quantitative estimate of drug-likeness (QED) is 0.256. The van der Waals surface area contributed by atoms with E-state index < -0.39 is 22.8 Å². The minimum atomic E-state index is -0.959. The zero-order valence-corrected chi connectivity index (χ0v) is 19.7. The molecule has 34 heavy (non-hydrogen) atoms. The van der Waals surface area contributed by atoms with Crippen LogP contribution in [0.1, 0.15) is 60.9 Å².